The van der Waals surface area contributed by atoms with Gasteiger partial charge in [-0.3, -0.25) is 9.79 Å². The summed E-state index contributed by atoms with van der Waals surface area (Å²) in [5.41, 5.74) is 0.941. The number of carbonyl (C=O) groups excluding carboxylic acids is 2. The summed E-state index contributed by atoms with van der Waals surface area (Å²) in [6, 6.07) is 7.78. The third kappa shape index (κ3) is 3.13. The summed E-state index contributed by atoms with van der Waals surface area (Å²) >= 11 is 0. The molecule has 1 saturated heterocycles. The molecule has 0 bridgehead atoms. The molecule has 1 spiro atoms. The van der Waals surface area contributed by atoms with E-state index in [0.29, 0.717) is 18.3 Å². The summed E-state index contributed by atoms with van der Waals surface area (Å²) in [6.45, 7) is 0.578. The Labute approximate surface area is 153 Å². The Balaban J connectivity index is 1.47. The van der Waals surface area contributed by atoms with Gasteiger partial charge in [0, 0.05) is 19.6 Å². The summed E-state index contributed by atoms with van der Waals surface area (Å²) in [5, 5.41) is 9.55. The normalized spacial score (nSPS) is 22.0. The number of aliphatic imine (C=N–C) groups is 1. The van der Waals surface area contributed by atoms with E-state index in [-0.39, 0.29) is 11.9 Å². The minimum absolute atomic E-state index is 0.115. The number of carbonyl (C=O) groups is 2. The maximum Gasteiger partial charge on any atom is 0.329 e. The first-order valence-electron chi connectivity index (χ1n) is 9.34. The van der Waals surface area contributed by atoms with Crippen LogP contribution in [0.5, 0.6) is 0 Å². The summed E-state index contributed by atoms with van der Waals surface area (Å²) in [4.78, 5) is 30.9. The number of rotatable bonds is 4. The van der Waals surface area contributed by atoms with Crippen molar-refractivity contribution in [2.24, 2.45) is 4.99 Å². The van der Waals surface area contributed by atoms with Gasteiger partial charge in [0.15, 0.2) is 5.96 Å². The molecule has 7 heteroatoms. The van der Waals surface area contributed by atoms with Crippen LogP contribution in [0.3, 0.4) is 0 Å². The first-order valence-corrected chi connectivity index (χ1v) is 9.34. The molecule has 3 N–H and O–H groups in total. The number of urea groups is 1. The van der Waals surface area contributed by atoms with Crippen LogP contribution in [-0.4, -0.2) is 36.5 Å². The molecule has 26 heavy (non-hydrogen) atoms. The van der Waals surface area contributed by atoms with E-state index in [4.69, 9.17) is 0 Å². The second-order valence-electron chi connectivity index (χ2n) is 7.37. The van der Waals surface area contributed by atoms with Gasteiger partial charge in [-0.25, -0.2) is 9.69 Å². The first kappa shape index (κ1) is 16.9. The molecule has 2 aliphatic carbocycles. The van der Waals surface area contributed by atoms with E-state index in [1.165, 1.54) is 17.7 Å². The molecule has 3 aliphatic rings. The van der Waals surface area contributed by atoms with Crippen molar-refractivity contribution in [3.05, 3.63) is 29.8 Å². The Bertz CT molecular complexity index is 750. The summed E-state index contributed by atoms with van der Waals surface area (Å²) in [7, 11) is 1.75. The zero-order valence-electron chi connectivity index (χ0n) is 15.0. The topological polar surface area (TPSA) is 85.8 Å². The molecule has 1 aromatic rings. The second-order valence-corrected chi connectivity index (χ2v) is 7.37. The van der Waals surface area contributed by atoms with Gasteiger partial charge >= 0.3 is 6.03 Å². The van der Waals surface area contributed by atoms with Gasteiger partial charge in [0.1, 0.15) is 5.54 Å². The van der Waals surface area contributed by atoms with Crippen LogP contribution in [0, 0.1) is 0 Å². The van der Waals surface area contributed by atoms with Crippen LogP contribution in [0.25, 0.3) is 0 Å². The van der Waals surface area contributed by atoms with E-state index < -0.39 is 5.54 Å². The molecule has 1 aliphatic heterocycles. The predicted molar refractivity (Wildman–Crippen MR) is 100 cm³/mol. The monoisotopic (exact) mass is 355 g/mol. The number of benzene rings is 1. The van der Waals surface area contributed by atoms with Gasteiger partial charge in [-0.05, 0) is 43.4 Å². The van der Waals surface area contributed by atoms with Crippen molar-refractivity contribution in [2.45, 2.75) is 56.7 Å². The van der Waals surface area contributed by atoms with Crippen molar-refractivity contribution in [2.75, 3.05) is 11.9 Å². The van der Waals surface area contributed by atoms with Crippen LogP contribution in [0.15, 0.2) is 29.3 Å². The summed E-state index contributed by atoms with van der Waals surface area (Å²) < 4.78 is 0. The lowest BCUT2D eigenvalue weighted by atomic mass is 9.98. The zero-order chi connectivity index (χ0) is 18.1. The minimum Gasteiger partial charge on any atom is -0.354 e. The lowest BCUT2D eigenvalue weighted by Gasteiger charge is -2.20. The molecule has 0 unspecified atom stereocenters. The highest BCUT2D eigenvalue weighted by Gasteiger charge is 2.52. The number of nitrogens with zero attached hydrogens (tertiary/aromatic N) is 2. The maximum atomic E-state index is 12.9. The largest absolute Gasteiger partial charge is 0.354 e. The number of nitrogens with one attached hydrogen (secondary N) is 3. The van der Waals surface area contributed by atoms with Crippen molar-refractivity contribution in [1.82, 2.24) is 16.0 Å². The molecular formula is C19H25N5O2. The third-order valence-electron chi connectivity index (χ3n) is 5.39. The van der Waals surface area contributed by atoms with E-state index in [1.54, 1.807) is 7.05 Å². The molecule has 1 aromatic carbocycles. The number of hydrogen-bond donors (Lipinski definition) is 3. The van der Waals surface area contributed by atoms with Crippen LogP contribution >= 0.6 is 0 Å². The van der Waals surface area contributed by atoms with Crippen LogP contribution in [0.4, 0.5) is 10.5 Å². The molecule has 4 rings (SSSR count). The lowest BCUT2D eigenvalue weighted by molar-refractivity contribution is -0.121. The maximum absolute atomic E-state index is 12.9. The van der Waals surface area contributed by atoms with E-state index in [2.05, 4.69) is 20.9 Å². The van der Waals surface area contributed by atoms with E-state index in [0.717, 1.165) is 37.2 Å². The van der Waals surface area contributed by atoms with Crippen molar-refractivity contribution in [3.8, 4) is 0 Å². The van der Waals surface area contributed by atoms with Gasteiger partial charge in [0.2, 0.25) is 0 Å². The van der Waals surface area contributed by atoms with Crippen LogP contribution < -0.4 is 20.9 Å². The van der Waals surface area contributed by atoms with Gasteiger partial charge < -0.3 is 16.0 Å². The van der Waals surface area contributed by atoms with Crippen LogP contribution in [-0.2, 0) is 11.3 Å². The highest BCUT2D eigenvalue weighted by molar-refractivity contribution is 6.23. The molecule has 7 nitrogen and oxygen atoms in total. The molecular weight excluding hydrogens is 330 g/mol. The Morgan fingerprint density at radius 3 is 2.77 bits per heavy atom. The number of hydrogen-bond acceptors (Lipinski definition) is 3. The minimum atomic E-state index is -0.679. The van der Waals surface area contributed by atoms with Gasteiger partial charge in [-0.15, -0.1) is 0 Å². The summed E-state index contributed by atoms with van der Waals surface area (Å²) in [5.74, 6) is 0.661. The quantitative estimate of drug-likeness (QED) is 0.437. The van der Waals surface area contributed by atoms with Crippen molar-refractivity contribution >= 4 is 23.6 Å². The second kappa shape index (κ2) is 6.63. The summed E-state index contributed by atoms with van der Waals surface area (Å²) in [6.07, 6.45) is 5.80. The van der Waals surface area contributed by atoms with E-state index in [1.807, 2.05) is 24.3 Å². The molecule has 0 aromatic heterocycles. The fourth-order valence-corrected chi connectivity index (χ4v) is 3.78. The predicted octanol–water partition coefficient (Wildman–Crippen LogP) is 1.88. The molecule has 3 amide bonds. The number of imide groups is 1. The lowest BCUT2D eigenvalue weighted by Crippen LogP contribution is -2.44. The Kier molecular flexibility index (Phi) is 4.30. The van der Waals surface area contributed by atoms with Crippen molar-refractivity contribution in [1.29, 1.82) is 0 Å². The highest BCUT2D eigenvalue weighted by atomic mass is 16.2. The van der Waals surface area contributed by atoms with E-state index in [9.17, 15) is 9.59 Å². The Morgan fingerprint density at radius 1 is 1.31 bits per heavy atom. The standard InChI is InChI=1S/C19H25N5O2/c1-20-17(22-14-7-8-14)21-12-13-5-4-6-15(11-13)24-16(25)19(23-18(24)26)9-2-3-10-19/h4-6,11,14H,2-3,7-10,12H2,1H3,(H,23,26)(H2,20,21,22). The number of guanidine groups is 1. The Morgan fingerprint density at radius 2 is 2.08 bits per heavy atom. The van der Waals surface area contributed by atoms with Crippen LogP contribution in [0.1, 0.15) is 44.1 Å². The molecule has 1 heterocycles. The smallest absolute Gasteiger partial charge is 0.329 e. The third-order valence-corrected chi connectivity index (χ3v) is 5.39. The molecule has 2 saturated carbocycles. The van der Waals surface area contributed by atoms with Gasteiger partial charge in [-0.2, -0.15) is 0 Å². The SMILES string of the molecule is CN=C(NCc1cccc(N2C(=O)NC3(CCCC3)C2=O)c1)NC1CC1. The number of amides is 3. The Hall–Kier alpha value is -2.57. The average Bonchev–Trinajstić information content (AvgIpc) is 3.28. The van der Waals surface area contributed by atoms with Gasteiger partial charge in [0.25, 0.3) is 5.91 Å². The average molecular weight is 355 g/mol. The van der Waals surface area contributed by atoms with Gasteiger partial charge in [-0.1, -0.05) is 25.0 Å². The zero-order valence-corrected chi connectivity index (χ0v) is 15.0. The van der Waals surface area contributed by atoms with Crippen LogP contribution in [0.2, 0.25) is 0 Å². The van der Waals surface area contributed by atoms with Gasteiger partial charge in [0.05, 0.1) is 5.69 Å². The molecule has 138 valence electrons. The van der Waals surface area contributed by atoms with E-state index >= 15 is 0 Å². The van der Waals surface area contributed by atoms with Crippen molar-refractivity contribution in [3.63, 3.8) is 0 Å². The number of anilines is 1. The fourth-order valence-electron chi connectivity index (χ4n) is 3.78. The molecule has 0 radical (unpaired) electrons. The fraction of sp³-hybridized carbons (Fsp3) is 0.526. The first-order chi connectivity index (χ1) is 12.6. The molecule has 3 fully saturated rings. The van der Waals surface area contributed by atoms with Crippen molar-refractivity contribution < 1.29 is 9.59 Å². The highest BCUT2D eigenvalue weighted by Crippen LogP contribution is 2.37. The molecule has 0 atom stereocenters.